The predicted octanol–water partition coefficient (Wildman–Crippen LogP) is 2.54. The monoisotopic (exact) mass is 457 g/mol. The number of hydrogen-bond acceptors (Lipinski definition) is 6. The number of nitrogens with zero attached hydrogens (tertiary/aromatic N) is 4. The van der Waals surface area contributed by atoms with Crippen molar-refractivity contribution in [1.82, 2.24) is 24.6 Å². The van der Waals surface area contributed by atoms with Crippen molar-refractivity contribution in [2.45, 2.75) is 38.3 Å². The minimum Gasteiger partial charge on any atom is -0.497 e. The molecule has 1 heterocycles. The van der Waals surface area contributed by atoms with Crippen LogP contribution in [0.2, 0.25) is 0 Å². The van der Waals surface area contributed by atoms with Crippen molar-refractivity contribution >= 4 is 15.9 Å². The Hall–Kier alpha value is -3.24. The molecule has 3 rings (SSSR count). The number of benzene rings is 2. The second kappa shape index (κ2) is 9.49. The standard InChI is InChI=1S/C22H27N5O4S/c1-15(2)26(4)32(29,30)20-11-9-17(10-12-20)14-23-22(28)21-16(3)27(25-24-21)18-7-6-8-19(13-18)31-5/h6-13,15H,14H2,1-5H3,(H,23,28). The number of carbonyl (C=O) groups excluding carboxylic acids is 1. The van der Waals surface area contributed by atoms with Crippen LogP contribution >= 0.6 is 0 Å². The fourth-order valence-corrected chi connectivity index (χ4v) is 4.38. The van der Waals surface area contributed by atoms with Crippen molar-refractivity contribution < 1.29 is 17.9 Å². The van der Waals surface area contributed by atoms with Crippen LogP contribution in [0.1, 0.15) is 35.6 Å². The maximum Gasteiger partial charge on any atom is 0.274 e. The van der Waals surface area contributed by atoms with Gasteiger partial charge in [-0.1, -0.05) is 23.4 Å². The zero-order valence-electron chi connectivity index (χ0n) is 18.7. The highest BCUT2D eigenvalue weighted by Crippen LogP contribution is 2.19. The molecule has 0 aliphatic carbocycles. The van der Waals surface area contributed by atoms with E-state index >= 15 is 0 Å². The molecule has 0 spiro atoms. The molecule has 1 amide bonds. The van der Waals surface area contributed by atoms with Gasteiger partial charge < -0.3 is 10.1 Å². The molecule has 1 aromatic heterocycles. The smallest absolute Gasteiger partial charge is 0.274 e. The van der Waals surface area contributed by atoms with Gasteiger partial charge in [-0.25, -0.2) is 13.1 Å². The van der Waals surface area contributed by atoms with E-state index in [0.717, 1.165) is 11.3 Å². The van der Waals surface area contributed by atoms with Crippen molar-refractivity contribution in [2.24, 2.45) is 0 Å². The van der Waals surface area contributed by atoms with Crippen LogP contribution in [0.5, 0.6) is 5.75 Å². The Bertz CT molecular complexity index is 1200. The Morgan fingerprint density at radius 2 is 1.88 bits per heavy atom. The Labute approximate surface area is 188 Å². The first kappa shape index (κ1) is 23.4. The lowest BCUT2D eigenvalue weighted by atomic mass is 10.2. The Balaban J connectivity index is 1.69. The summed E-state index contributed by atoms with van der Waals surface area (Å²) in [5.74, 6) is 0.307. The van der Waals surface area contributed by atoms with Crippen LogP contribution in [0.15, 0.2) is 53.4 Å². The summed E-state index contributed by atoms with van der Waals surface area (Å²) in [6, 6.07) is 13.6. The highest BCUT2D eigenvalue weighted by Gasteiger charge is 2.23. The Kier molecular flexibility index (Phi) is 6.95. The van der Waals surface area contributed by atoms with E-state index in [1.807, 2.05) is 32.0 Å². The first-order chi connectivity index (χ1) is 15.1. The van der Waals surface area contributed by atoms with Crippen molar-refractivity contribution in [3.05, 3.63) is 65.5 Å². The van der Waals surface area contributed by atoms with Gasteiger partial charge in [0.15, 0.2) is 5.69 Å². The molecule has 0 radical (unpaired) electrons. The van der Waals surface area contributed by atoms with E-state index in [1.54, 1.807) is 56.1 Å². The van der Waals surface area contributed by atoms with Gasteiger partial charge in [0.25, 0.3) is 5.91 Å². The molecular weight excluding hydrogens is 430 g/mol. The second-order valence-electron chi connectivity index (χ2n) is 7.58. The third-order valence-electron chi connectivity index (χ3n) is 5.19. The molecule has 2 aromatic carbocycles. The van der Waals surface area contributed by atoms with E-state index in [4.69, 9.17) is 4.74 Å². The highest BCUT2D eigenvalue weighted by atomic mass is 32.2. The summed E-state index contributed by atoms with van der Waals surface area (Å²) >= 11 is 0. The zero-order chi connectivity index (χ0) is 23.5. The molecule has 0 bridgehead atoms. The molecule has 0 saturated carbocycles. The first-order valence-electron chi connectivity index (χ1n) is 10.1. The summed E-state index contributed by atoms with van der Waals surface area (Å²) in [7, 11) is -0.417. The number of methoxy groups -OCH3 is 1. The van der Waals surface area contributed by atoms with Gasteiger partial charge in [0.1, 0.15) is 5.75 Å². The van der Waals surface area contributed by atoms with Crippen LogP contribution in [-0.4, -0.2) is 53.8 Å². The molecule has 1 N–H and O–H groups in total. The fraction of sp³-hybridized carbons (Fsp3) is 0.318. The molecule has 9 nitrogen and oxygen atoms in total. The normalized spacial score (nSPS) is 11.7. The predicted molar refractivity (Wildman–Crippen MR) is 120 cm³/mol. The first-order valence-corrected chi connectivity index (χ1v) is 11.5. The van der Waals surface area contributed by atoms with Crippen molar-refractivity contribution in [3.8, 4) is 11.4 Å². The molecule has 0 aliphatic rings. The molecule has 0 atom stereocenters. The van der Waals surface area contributed by atoms with Gasteiger partial charge in [0.05, 0.1) is 23.4 Å². The number of amides is 1. The SMILES string of the molecule is COc1cccc(-n2nnc(C(=O)NCc3ccc(S(=O)(=O)N(C)C(C)C)cc3)c2C)c1. The van der Waals surface area contributed by atoms with Crippen LogP contribution in [0.4, 0.5) is 0 Å². The number of ether oxygens (including phenoxy) is 1. The highest BCUT2D eigenvalue weighted by molar-refractivity contribution is 7.89. The van der Waals surface area contributed by atoms with E-state index < -0.39 is 10.0 Å². The van der Waals surface area contributed by atoms with Crippen LogP contribution in [0.25, 0.3) is 5.69 Å². The van der Waals surface area contributed by atoms with Gasteiger partial charge >= 0.3 is 0 Å². The molecular formula is C22H27N5O4S. The summed E-state index contributed by atoms with van der Waals surface area (Å²) in [5.41, 5.74) is 2.30. The van der Waals surface area contributed by atoms with Gasteiger partial charge in [-0.05, 0) is 50.6 Å². The lowest BCUT2D eigenvalue weighted by molar-refractivity contribution is 0.0945. The molecule has 0 saturated heterocycles. The van der Waals surface area contributed by atoms with E-state index in [-0.39, 0.29) is 29.1 Å². The minimum absolute atomic E-state index is 0.146. The summed E-state index contributed by atoms with van der Waals surface area (Å²) in [5, 5.41) is 10.9. The fourth-order valence-electron chi connectivity index (χ4n) is 3.02. The van der Waals surface area contributed by atoms with E-state index in [9.17, 15) is 13.2 Å². The number of nitrogens with one attached hydrogen (secondary N) is 1. The number of hydrogen-bond donors (Lipinski definition) is 1. The Morgan fingerprint density at radius 1 is 1.19 bits per heavy atom. The molecule has 170 valence electrons. The number of carbonyl (C=O) groups is 1. The largest absolute Gasteiger partial charge is 0.497 e. The van der Waals surface area contributed by atoms with Crippen LogP contribution in [0, 0.1) is 6.92 Å². The van der Waals surface area contributed by atoms with E-state index in [2.05, 4.69) is 15.6 Å². The van der Waals surface area contributed by atoms with Gasteiger partial charge in [-0.2, -0.15) is 4.31 Å². The summed E-state index contributed by atoms with van der Waals surface area (Å²) < 4.78 is 33.2. The van der Waals surface area contributed by atoms with Crippen LogP contribution in [0.3, 0.4) is 0 Å². The second-order valence-corrected chi connectivity index (χ2v) is 9.58. The van der Waals surface area contributed by atoms with E-state index in [0.29, 0.717) is 11.4 Å². The molecule has 32 heavy (non-hydrogen) atoms. The van der Waals surface area contributed by atoms with Gasteiger partial charge in [-0.3, -0.25) is 4.79 Å². The summed E-state index contributed by atoms with van der Waals surface area (Å²) in [6.45, 7) is 5.62. The third kappa shape index (κ3) is 4.81. The lowest BCUT2D eigenvalue weighted by Crippen LogP contribution is -2.33. The molecule has 0 aliphatic heterocycles. The third-order valence-corrected chi connectivity index (χ3v) is 7.24. The summed E-state index contributed by atoms with van der Waals surface area (Å²) in [4.78, 5) is 12.9. The molecule has 10 heteroatoms. The van der Waals surface area contributed by atoms with Gasteiger partial charge in [0, 0.05) is 25.7 Å². The average Bonchev–Trinajstić information content (AvgIpc) is 3.18. The Morgan fingerprint density at radius 3 is 2.50 bits per heavy atom. The van der Waals surface area contributed by atoms with Gasteiger partial charge in [-0.15, -0.1) is 5.10 Å². The van der Waals surface area contributed by atoms with Crippen LogP contribution < -0.4 is 10.1 Å². The van der Waals surface area contributed by atoms with Crippen molar-refractivity contribution in [1.29, 1.82) is 0 Å². The number of aromatic nitrogens is 3. The molecule has 3 aromatic rings. The minimum atomic E-state index is -3.55. The molecule has 0 fully saturated rings. The topological polar surface area (TPSA) is 106 Å². The number of rotatable bonds is 8. The lowest BCUT2D eigenvalue weighted by Gasteiger charge is -2.21. The maximum absolute atomic E-state index is 12.6. The summed E-state index contributed by atoms with van der Waals surface area (Å²) in [6.07, 6.45) is 0. The van der Waals surface area contributed by atoms with Gasteiger partial charge in [0.2, 0.25) is 10.0 Å². The zero-order valence-corrected chi connectivity index (χ0v) is 19.5. The number of sulfonamides is 1. The van der Waals surface area contributed by atoms with Crippen molar-refractivity contribution in [3.63, 3.8) is 0 Å². The molecule has 0 unspecified atom stereocenters. The van der Waals surface area contributed by atoms with E-state index in [1.165, 1.54) is 4.31 Å². The quantitative estimate of drug-likeness (QED) is 0.557. The maximum atomic E-state index is 12.6. The average molecular weight is 458 g/mol. The van der Waals surface area contributed by atoms with Crippen molar-refractivity contribution in [2.75, 3.05) is 14.2 Å². The van der Waals surface area contributed by atoms with Crippen LogP contribution in [-0.2, 0) is 16.6 Å².